The van der Waals surface area contributed by atoms with Crippen LogP contribution in [0.1, 0.15) is 11.1 Å². The highest BCUT2D eigenvalue weighted by molar-refractivity contribution is 9.10. The fraction of sp³-hybridized carbons (Fsp3) is 0.273. The minimum absolute atomic E-state index is 0.531. The molecule has 0 fully saturated rings. The molecule has 0 radical (unpaired) electrons. The van der Waals surface area contributed by atoms with E-state index in [2.05, 4.69) is 15.9 Å². The SMILES string of the molecule is COc1c(C)ccc(Br)c1/C=C/CN. The van der Waals surface area contributed by atoms with Crippen LogP contribution in [0.3, 0.4) is 0 Å². The molecule has 1 rings (SSSR count). The van der Waals surface area contributed by atoms with Crippen molar-refractivity contribution in [2.45, 2.75) is 6.92 Å². The molecule has 1 aromatic rings. The van der Waals surface area contributed by atoms with Crippen molar-refractivity contribution in [1.29, 1.82) is 0 Å². The standard InChI is InChI=1S/C11H14BrNO/c1-8-5-6-10(12)9(4-3-7-13)11(8)14-2/h3-6H,7,13H2,1-2H3/b4-3+. The van der Waals surface area contributed by atoms with E-state index in [4.69, 9.17) is 10.5 Å². The first-order valence-electron chi connectivity index (χ1n) is 4.40. The quantitative estimate of drug-likeness (QED) is 0.902. The number of hydrogen-bond donors (Lipinski definition) is 1. The molecule has 0 spiro atoms. The van der Waals surface area contributed by atoms with E-state index in [0.717, 1.165) is 21.3 Å². The first-order chi connectivity index (χ1) is 6.70. The Morgan fingerprint density at radius 1 is 1.50 bits per heavy atom. The highest BCUT2D eigenvalue weighted by Gasteiger charge is 2.06. The van der Waals surface area contributed by atoms with Gasteiger partial charge in [-0.3, -0.25) is 0 Å². The molecule has 0 atom stereocenters. The van der Waals surface area contributed by atoms with E-state index in [1.807, 2.05) is 31.2 Å². The molecule has 0 saturated heterocycles. The molecule has 0 amide bonds. The smallest absolute Gasteiger partial charge is 0.130 e. The minimum Gasteiger partial charge on any atom is -0.496 e. The molecule has 0 aliphatic rings. The molecule has 14 heavy (non-hydrogen) atoms. The fourth-order valence-electron chi connectivity index (χ4n) is 1.30. The zero-order valence-corrected chi connectivity index (χ0v) is 9.97. The Kier molecular flexibility index (Phi) is 4.17. The zero-order chi connectivity index (χ0) is 10.6. The Labute approximate surface area is 92.9 Å². The average molecular weight is 256 g/mol. The molecule has 0 unspecified atom stereocenters. The molecule has 76 valence electrons. The molecule has 0 bridgehead atoms. The van der Waals surface area contributed by atoms with Crippen molar-refractivity contribution in [3.05, 3.63) is 33.8 Å². The third-order valence-electron chi connectivity index (χ3n) is 1.96. The van der Waals surface area contributed by atoms with Crippen molar-refractivity contribution in [2.75, 3.05) is 13.7 Å². The van der Waals surface area contributed by atoms with Gasteiger partial charge in [-0.25, -0.2) is 0 Å². The first kappa shape index (κ1) is 11.3. The lowest BCUT2D eigenvalue weighted by Gasteiger charge is -2.10. The summed E-state index contributed by atoms with van der Waals surface area (Å²) in [5.41, 5.74) is 7.57. The topological polar surface area (TPSA) is 35.2 Å². The molecule has 0 heterocycles. The van der Waals surface area contributed by atoms with Gasteiger partial charge in [-0.1, -0.05) is 34.1 Å². The van der Waals surface area contributed by atoms with Crippen LogP contribution in [0.2, 0.25) is 0 Å². The summed E-state index contributed by atoms with van der Waals surface area (Å²) < 4.78 is 6.35. The summed E-state index contributed by atoms with van der Waals surface area (Å²) in [5.74, 6) is 0.893. The van der Waals surface area contributed by atoms with Crippen molar-refractivity contribution < 1.29 is 4.74 Å². The van der Waals surface area contributed by atoms with Gasteiger partial charge in [0.2, 0.25) is 0 Å². The summed E-state index contributed by atoms with van der Waals surface area (Å²) in [6.07, 6.45) is 3.87. The van der Waals surface area contributed by atoms with Crippen LogP contribution in [-0.2, 0) is 0 Å². The lowest BCUT2D eigenvalue weighted by molar-refractivity contribution is 0.410. The minimum atomic E-state index is 0.531. The lowest BCUT2D eigenvalue weighted by atomic mass is 10.1. The Balaban J connectivity index is 3.22. The normalized spacial score (nSPS) is 10.9. The molecule has 3 heteroatoms. The zero-order valence-electron chi connectivity index (χ0n) is 8.38. The maximum atomic E-state index is 5.41. The molecule has 2 nitrogen and oxygen atoms in total. The second kappa shape index (κ2) is 5.17. The Morgan fingerprint density at radius 3 is 2.79 bits per heavy atom. The van der Waals surface area contributed by atoms with Gasteiger partial charge < -0.3 is 10.5 Å². The average Bonchev–Trinajstić information content (AvgIpc) is 2.19. The Hall–Kier alpha value is -0.800. The largest absolute Gasteiger partial charge is 0.496 e. The molecule has 0 aliphatic heterocycles. The number of aryl methyl sites for hydroxylation is 1. The highest BCUT2D eigenvalue weighted by Crippen LogP contribution is 2.31. The molecule has 1 aromatic carbocycles. The molecule has 2 N–H and O–H groups in total. The van der Waals surface area contributed by atoms with Crippen molar-refractivity contribution in [1.82, 2.24) is 0 Å². The summed E-state index contributed by atoms with van der Waals surface area (Å²) in [6, 6.07) is 4.02. The van der Waals surface area contributed by atoms with E-state index >= 15 is 0 Å². The fourth-order valence-corrected chi connectivity index (χ4v) is 1.74. The summed E-state index contributed by atoms with van der Waals surface area (Å²) in [6.45, 7) is 2.55. The van der Waals surface area contributed by atoms with Crippen LogP contribution in [-0.4, -0.2) is 13.7 Å². The molecule has 0 aromatic heterocycles. The molecular formula is C11H14BrNO. The summed E-state index contributed by atoms with van der Waals surface area (Å²) in [5, 5.41) is 0. The van der Waals surface area contributed by atoms with E-state index in [0.29, 0.717) is 6.54 Å². The molecule has 0 saturated carbocycles. The monoisotopic (exact) mass is 255 g/mol. The predicted octanol–water partition coefficient (Wildman–Crippen LogP) is 2.74. The van der Waals surface area contributed by atoms with Crippen LogP contribution in [0.15, 0.2) is 22.7 Å². The van der Waals surface area contributed by atoms with Gasteiger partial charge in [-0.05, 0) is 18.6 Å². The third kappa shape index (κ3) is 2.36. The van der Waals surface area contributed by atoms with Crippen LogP contribution in [0.5, 0.6) is 5.75 Å². The van der Waals surface area contributed by atoms with Gasteiger partial charge in [0, 0.05) is 16.6 Å². The van der Waals surface area contributed by atoms with E-state index in [-0.39, 0.29) is 0 Å². The summed E-state index contributed by atoms with van der Waals surface area (Å²) >= 11 is 3.48. The van der Waals surface area contributed by atoms with Crippen molar-refractivity contribution >= 4 is 22.0 Å². The van der Waals surface area contributed by atoms with Gasteiger partial charge in [0.15, 0.2) is 0 Å². The first-order valence-corrected chi connectivity index (χ1v) is 5.19. The Morgan fingerprint density at radius 2 is 2.21 bits per heavy atom. The van der Waals surface area contributed by atoms with E-state index in [1.54, 1.807) is 7.11 Å². The molecule has 0 aliphatic carbocycles. The lowest BCUT2D eigenvalue weighted by Crippen LogP contribution is -1.94. The van der Waals surface area contributed by atoms with Gasteiger partial charge in [0.05, 0.1) is 7.11 Å². The van der Waals surface area contributed by atoms with Crippen molar-refractivity contribution in [3.8, 4) is 5.75 Å². The number of rotatable bonds is 3. The maximum absolute atomic E-state index is 5.41. The summed E-state index contributed by atoms with van der Waals surface area (Å²) in [7, 11) is 1.68. The van der Waals surface area contributed by atoms with E-state index in [1.165, 1.54) is 0 Å². The summed E-state index contributed by atoms with van der Waals surface area (Å²) in [4.78, 5) is 0. The van der Waals surface area contributed by atoms with Crippen LogP contribution < -0.4 is 10.5 Å². The number of ether oxygens (including phenoxy) is 1. The second-order valence-corrected chi connectivity index (χ2v) is 3.80. The van der Waals surface area contributed by atoms with Crippen LogP contribution in [0.25, 0.3) is 6.08 Å². The van der Waals surface area contributed by atoms with Gasteiger partial charge in [-0.2, -0.15) is 0 Å². The highest BCUT2D eigenvalue weighted by atomic mass is 79.9. The van der Waals surface area contributed by atoms with Crippen LogP contribution in [0, 0.1) is 6.92 Å². The second-order valence-electron chi connectivity index (χ2n) is 2.95. The van der Waals surface area contributed by atoms with E-state index in [9.17, 15) is 0 Å². The van der Waals surface area contributed by atoms with Crippen LogP contribution >= 0.6 is 15.9 Å². The van der Waals surface area contributed by atoms with Gasteiger partial charge in [-0.15, -0.1) is 0 Å². The van der Waals surface area contributed by atoms with Gasteiger partial charge >= 0.3 is 0 Å². The number of methoxy groups -OCH3 is 1. The van der Waals surface area contributed by atoms with Crippen LogP contribution in [0.4, 0.5) is 0 Å². The number of halogens is 1. The number of nitrogens with two attached hydrogens (primary N) is 1. The third-order valence-corrected chi connectivity index (χ3v) is 2.66. The van der Waals surface area contributed by atoms with Crippen molar-refractivity contribution in [3.63, 3.8) is 0 Å². The van der Waals surface area contributed by atoms with Crippen molar-refractivity contribution in [2.24, 2.45) is 5.73 Å². The number of benzene rings is 1. The van der Waals surface area contributed by atoms with Gasteiger partial charge in [0.1, 0.15) is 5.75 Å². The van der Waals surface area contributed by atoms with Gasteiger partial charge in [0.25, 0.3) is 0 Å². The van der Waals surface area contributed by atoms with E-state index < -0.39 is 0 Å². The molecular weight excluding hydrogens is 242 g/mol. The predicted molar refractivity (Wildman–Crippen MR) is 63.5 cm³/mol. The maximum Gasteiger partial charge on any atom is 0.130 e. The number of hydrogen-bond acceptors (Lipinski definition) is 2. The Bertz CT molecular complexity index is 347.